The molecule has 0 aliphatic rings. The normalized spacial score (nSPS) is 18.1. The third-order valence-corrected chi connectivity index (χ3v) is 1.48. The van der Waals surface area contributed by atoms with Crippen molar-refractivity contribution in [1.82, 2.24) is 0 Å². The number of aliphatic carboxylic acids is 2. The topological polar surface area (TPSA) is 161 Å². The van der Waals surface area contributed by atoms with Crippen LogP contribution in [-0.2, 0) is 9.59 Å². The fraction of sp³-hybridized carbons (Fsp3) is 0.667. The first kappa shape index (κ1) is 17.0. The molecule has 82 valence electrons. The van der Waals surface area contributed by atoms with Crippen LogP contribution in [-0.4, -0.2) is 79.8 Å². The van der Waals surface area contributed by atoms with Gasteiger partial charge in [-0.3, -0.25) is 0 Å². The van der Waals surface area contributed by atoms with Crippen LogP contribution in [0.3, 0.4) is 0 Å². The minimum absolute atomic E-state index is 0. The third-order valence-electron chi connectivity index (χ3n) is 1.48. The van der Waals surface area contributed by atoms with E-state index in [1.165, 1.54) is 0 Å². The second-order valence-corrected chi connectivity index (χ2v) is 2.51. The van der Waals surface area contributed by atoms with Crippen LogP contribution >= 0.6 is 0 Å². The number of carbonyl (C=O) groups excluding carboxylic acids is 2. The molecule has 0 fully saturated rings. The predicted molar refractivity (Wildman–Crippen MR) is 39.8 cm³/mol. The van der Waals surface area contributed by atoms with Gasteiger partial charge in [0.25, 0.3) is 0 Å². The number of carbonyl (C=O) groups is 2. The van der Waals surface area contributed by atoms with Crippen molar-refractivity contribution in [2.24, 2.45) is 0 Å². The van der Waals surface area contributed by atoms with Gasteiger partial charge in [0.15, 0.2) is 0 Å². The van der Waals surface area contributed by atoms with Crippen LogP contribution in [0.2, 0.25) is 0 Å². The monoisotopic (exact) mass is 232 g/mol. The van der Waals surface area contributed by atoms with E-state index in [1.54, 1.807) is 0 Å². The molecule has 0 saturated carbocycles. The summed E-state index contributed by atoms with van der Waals surface area (Å²) in [6.07, 6.45) is -9.76. The average molecular weight is 232 g/mol. The first-order valence-electron chi connectivity index (χ1n) is 3.43. The van der Waals surface area contributed by atoms with Crippen LogP contribution in [0.5, 0.6) is 0 Å². The summed E-state index contributed by atoms with van der Waals surface area (Å²) < 4.78 is 0. The number of hydrogen-bond acceptors (Lipinski definition) is 8. The quantitative estimate of drug-likeness (QED) is 0.340. The van der Waals surface area contributed by atoms with Gasteiger partial charge in [-0.05, 0) is 0 Å². The van der Waals surface area contributed by atoms with Crippen molar-refractivity contribution in [2.45, 2.75) is 24.4 Å². The molecule has 8 nitrogen and oxygen atoms in total. The first-order chi connectivity index (χ1) is 6.29. The summed E-state index contributed by atoms with van der Waals surface area (Å²) in [7, 11) is 0. The number of carboxylic acids is 2. The summed E-state index contributed by atoms with van der Waals surface area (Å²) in [5, 5.41) is 54.7. The SMILES string of the molecule is O=C([O-])[C@@H](O)[C@H](O)[C@H](O)[C@H](O)C(=O)[O-].[Mg+2]. The Labute approximate surface area is 99.9 Å². The molecular formula is C6H8MgO8. The molecule has 0 aliphatic heterocycles. The average Bonchev–Trinajstić information content (AvgIpc) is 2.12. The van der Waals surface area contributed by atoms with Crippen LogP contribution < -0.4 is 10.2 Å². The molecule has 0 aliphatic carbocycles. The second kappa shape index (κ2) is 6.93. The Morgan fingerprint density at radius 3 is 1.13 bits per heavy atom. The molecule has 0 radical (unpaired) electrons. The third kappa shape index (κ3) is 4.73. The van der Waals surface area contributed by atoms with Crippen LogP contribution in [0, 0.1) is 0 Å². The Hall–Kier alpha value is -0.454. The summed E-state index contributed by atoms with van der Waals surface area (Å²) >= 11 is 0. The molecule has 0 rings (SSSR count). The Kier molecular flexibility index (Phi) is 7.83. The summed E-state index contributed by atoms with van der Waals surface area (Å²) in [6.45, 7) is 0. The van der Waals surface area contributed by atoms with E-state index >= 15 is 0 Å². The van der Waals surface area contributed by atoms with Gasteiger partial charge in [-0.15, -0.1) is 0 Å². The van der Waals surface area contributed by atoms with Crippen molar-refractivity contribution in [3.05, 3.63) is 0 Å². The zero-order valence-electron chi connectivity index (χ0n) is 7.44. The molecule has 0 spiro atoms. The van der Waals surface area contributed by atoms with E-state index in [-0.39, 0.29) is 23.1 Å². The minimum atomic E-state index is -2.50. The number of carboxylic acid groups (broad SMARTS) is 2. The summed E-state index contributed by atoms with van der Waals surface area (Å²) in [5.41, 5.74) is 0. The molecular weight excluding hydrogens is 224 g/mol. The summed E-state index contributed by atoms with van der Waals surface area (Å²) in [5.74, 6) is -4.22. The fourth-order valence-electron chi connectivity index (χ4n) is 0.652. The molecule has 0 bridgehead atoms. The molecule has 15 heavy (non-hydrogen) atoms. The maximum atomic E-state index is 9.96. The van der Waals surface area contributed by atoms with Gasteiger partial charge in [0, 0.05) is 0 Å². The molecule has 0 aromatic rings. The zero-order chi connectivity index (χ0) is 11.5. The van der Waals surface area contributed by atoms with E-state index in [9.17, 15) is 19.8 Å². The minimum Gasteiger partial charge on any atom is -0.547 e. The zero-order valence-corrected chi connectivity index (χ0v) is 8.85. The number of rotatable bonds is 5. The molecule has 4 N–H and O–H groups in total. The van der Waals surface area contributed by atoms with Crippen LogP contribution in [0.15, 0.2) is 0 Å². The maximum Gasteiger partial charge on any atom is 2.00 e. The second-order valence-electron chi connectivity index (χ2n) is 2.51. The summed E-state index contributed by atoms with van der Waals surface area (Å²) in [6, 6.07) is 0. The number of aliphatic hydroxyl groups excluding tert-OH is 4. The van der Waals surface area contributed by atoms with E-state index < -0.39 is 36.4 Å². The smallest absolute Gasteiger partial charge is 0.547 e. The van der Waals surface area contributed by atoms with Gasteiger partial charge in [0.2, 0.25) is 0 Å². The molecule has 0 unspecified atom stereocenters. The van der Waals surface area contributed by atoms with Crippen molar-refractivity contribution < 1.29 is 40.2 Å². The molecule has 0 aromatic carbocycles. The van der Waals surface area contributed by atoms with Crippen LogP contribution in [0.4, 0.5) is 0 Å². The van der Waals surface area contributed by atoms with Gasteiger partial charge in [-0.2, -0.15) is 0 Å². The largest absolute Gasteiger partial charge is 2.00 e. The van der Waals surface area contributed by atoms with Gasteiger partial charge in [-0.25, -0.2) is 0 Å². The standard InChI is InChI=1S/C6H10O8.Mg/c7-1(3(9)5(11)12)2(8)4(10)6(13)14;/h1-4,7-10H,(H,11,12)(H,13,14);/q;+2/p-2/t1-,2+,3-,4-;/m0./s1. The van der Waals surface area contributed by atoms with Gasteiger partial charge < -0.3 is 40.2 Å². The van der Waals surface area contributed by atoms with Crippen molar-refractivity contribution in [3.63, 3.8) is 0 Å². The molecule has 0 heterocycles. The van der Waals surface area contributed by atoms with E-state index in [2.05, 4.69) is 0 Å². The number of hydrogen-bond donors (Lipinski definition) is 4. The Morgan fingerprint density at radius 2 is 1.00 bits per heavy atom. The molecule has 4 atom stereocenters. The van der Waals surface area contributed by atoms with Crippen molar-refractivity contribution in [3.8, 4) is 0 Å². The van der Waals surface area contributed by atoms with Crippen molar-refractivity contribution in [2.75, 3.05) is 0 Å². The van der Waals surface area contributed by atoms with Crippen molar-refractivity contribution >= 4 is 35.0 Å². The van der Waals surface area contributed by atoms with E-state index in [1.807, 2.05) is 0 Å². The fourth-order valence-corrected chi connectivity index (χ4v) is 0.652. The molecule has 0 aromatic heterocycles. The number of aliphatic hydroxyl groups is 4. The van der Waals surface area contributed by atoms with Gasteiger partial charge in [0.05, 0.1) is 11.9 Å². The van der Waals surface area contributed by atoms with Gasteiger partial charge in [0.1, 0.15) is 24.4 Å². The van der Waals surface area contributed by atoms with Gasteiger partial charge in [-0.1, -0.05) is 0 Å². The molecule has 0 saturated heterocycles. The molecule has 9 heteroatoms. The Morgan fingerprint density at radius 1 is 0.800 bits per heavy atom. The van der Waals surface area contributed by atoms with E-state index in [0.717, 1.165) is 0 Å². The predicted octanol–water partition coefficient (Wildman–Crippen LogP) is -6.45. The maximum absolute atomic E-state index is 9.96. The van der Waals surface area contributed by atoms with E-state index in [0.29, 0.717) is 0 Å². The van der Waals surface area contributed by atoms with Crippen LogP contribution in [0.25, 0.3) is 0 Å². The van der Waals surface area contributed by atoms with E-state index in [4.69, 9.17) is 20.4 Å². The van der Waals surface area contributed by atoms with Crippen molar-refractivity contribution in [1.29, 1.82) is 0 Å². The Bertz CT molecular complexity index is 207. The van der Waals surface area contributed by atoms with Gasteiger partial charge >= 0.3 is 23.1 Å². The Balaban J connectivity index is 0. The molecule has 0 amide bonds. The van der Waals surface area contributed by atoms with Crippen LogP contribution in [0.1, 0.15) is 0 Å². The summed E-state index contributed by atoms with van der Waals surface area (Å²) in [4.78, 5) is 19.9. The first-order valence-corrected chi connectivity index (χ1v) is 3.43.